The van der Waals surface area contributed by atoms with Crippen LogP contribution in [0, 0.1) is 12.7 Å². The molecule has 1 aliphatic rings. The summed E-state index contributed by atoms with van der Waals surface area (Å²) in [7, 11) is -3.75. The fourth-order valence-electron chi connectivity index (χ4n) is 3.09. The molecule has 0 atom stereocenters. The number of benzene rings is 2. The Morgan fingerprint density at radius 2 is 1.67 bits per heavy atom. The molecule has 4 nitrogen and oxygen atoms in total. The maximum Gasteiger partial charge on any atom is 0.246 e. The fraction of sp³-hybridized carbons (Fsp3) is 0.333. The summed E-state index contributed by atoms with van der Waals surface area (Å²) in [5.41, 5.74) is 2.55. The van der Waals surface area contributed by atoms with Gasteiger partial charge in [-0.2, -0.15) is 4.31 Å². The fourth-order valence-corrected chi connectivity index (χ4v) is 4.60. The van der Waals surface area contributed by atoms with E-state index >= 15 is 0 Å². The Balaban J connectivity index is 1.67. The molecule has 0 spiro atoms. The summed E-state index contributed by atoms with van der Waals surface area (Å²) in [5.74, 6) is -0.688. The van der Waals surface area contributed by atoms with Crippen LogP contribution in [0.5, 0.6) is 0 Å². The first-order valence-corrected chi connectivity index (χ1v) is 9.55. The van der Waals surface area contributed by atoms with Crippen molar-refractivity contribution >= 4 is 10.0 Å². The van der Waals surface area contributed by atoms with Gasteiger partial charge in [-0.3, -0.25) is 0 Å². The number of nitrogens with zero attached hydrogens (tertiary/aromatic N) is 1. The van der Waals surface area contributed by atoms with Crippen molar-refractivity contribution in [2.24, 2.45) is 0 Å². The minimum atomic E-state index is -3.75. The van der Waals surface area contributed by atoms with Gasteiger partial charge in [0.05, 0.1) is 26.2 Å². The van der Waals surface area contributed by atoms with E-state index in [2.05, 4.69) is 19.1 Å². The molecule has 6 heteroatoms. The first kappa shape index (κ1) is 17.1. The molecule has 0 amide bonds. The van der Waals surface area contributed by atoms with E-state index in [1.165, 1.54) is 38.5 Å². The summed E-state index contributed by atoms with van der Waals surface area (Å²) in [5, 5.41) is 0. The first-order valence-electron chi connectivity index (χ1n) is 8.11. The Bertz CT molecular complexity index is 815. The third kappa shape index (κ3) is 3.50. The molecular weight excluding hydrogens is 327 g/mol. The van der Waals surface area contributed by atoms with E-state index in [-0.39, 0.29) is 4.90 Å². The third-order valence-electron chi connectivity index (χ3n) is 4.59. The Hall–Kier alpha value is -1.76. The minimum absolute atomic E-state index is 0.229. The highest BCUT2D eigenvalue weighted by molar-refractivity contribution is 7.89. The van der Waals surface area contributed by atoms with Crippen molar-refractivity contribution in [3.63, 3.8) is 0 Å². The molecule has 0 aliphatic carbocycles. The van der Waals surface area contributed by atoms with Crippen LogP contribution in [0.1, 0.15) is 11.1 Å². The van der Waals surface area contributed by atoms with E-state index in [0.29, 0.717) is 13.1 Å². The van der Waals surface area contributed by atoms with E-state index < -0.39 is 15.8 Å². The topological polar surface area (TPSA) is 41.8 Å². The van der Waals surface area contributed by atoms with Gasteiger partial charge in [-0.05, 0) is 24.6 Å². The second-order valence-corrected chi connectivity index (χ2v) is 8.09. The van der Waals surface area contributed by atoms with Crippen LogP contribution in [-0.4, -0.2) is 38.9 Å². The van der Waals surface area contributed by atoms with Crippen molar-refractivity contribution in [2.75, 3.05) is 26.2 Å². The minimum Gasteiger partial charge on any atom is -0.329 e. The van der Waals surface area contributed by atoms with Crippen LogP contribution in [0.15, 0.2) is 53.4 Å². The summed E-state index contributed by atoms with van der Waals surface area (Å²) < 4.78 is 40.4. The lowest BCUT2D eigenvalue weighted by Crippen LogP contribution is -3.13. The molecule has 1 aliphatic heterocycles. The molecular formula is C18H22FN2O2S+. The smallest absolute Gasteiger partial charge is 0.246 e. The zero-order valence-electron chi connectivity index (χ0n) is 13.7. The van der Waals surface area contributed by atoms with Gasteiger partial charge in [-0.25, -0.2) is 12.8 Å². The van der Waals surface area contributed by atoms with Crippen LogP contribution in [-0.2, 0) is 16.6 Å². The zero-order valence-corrected chi connectivity index (χ0v) is 14.5. The second kappa shape index (κ2) is 7.01. The average Bonchev–Trinajstić information content (AvgIpc) is 2.58. The molecule has 128 valence electrons. The summed E-state index contributed by atoms with van der Waals surface area (Å²) in [6.07, 6.45) is 0. The highest BCUT2D eigenvalue weighted by Crippen LogP contribution is 2.18. The number of aryl methyl sites for hydroxylation is 1. The van der Waals surface area contributed by atoms with Crippen molar-refractivity contribution in [2.45, 2.75) is 18.4 Å². The molecule has 1 heterocycles. The number of nitrogens with one attached hydrogen (secondary N) is 1. The predicted octanol–water partition coefficient (Wildman–Crippen LogP) is 1.22. The van der Waals surface area contributed by atoms with Crippen molar-refractivity contribution in [1.29, 1.82) is 0 Å². The number of piperazine rings is 1. The van der Waals surface area contributed by atoms with Crippen LogP contribution in [0.25, 0.3) is 0 Å². The predicted molar refractivity (Wildman–Crippen MR) is 90.7 cm³/mol. The van der Waals surface area contributed by atoms with E-state index in [0.717, 1.165) is 19.6 Å². The van der Waals surface area contributed by atoms with Gasteiger partial charge in [0, 0.05) is 5.56 Å². The van der Waals surface area contributed by atoms with Crippen molar-refractivity contribution in [3.8, 4) is 0 Å². The van der Waals surface area contributed by atoms with Gasteiger partial charge in [-0.15, -0.1) is 0 Å². The molecule has 1 fully saturated rings. The number of sulfonamides is 1. The Morgan fingerprint density at radius 1 is 1.04 bits per heavy atom. The SMILES string of the molecule is Cc1ccccc1C[NH+]1CCN(S(=O)(=O)c2ccccc2F)CC1. The number of hydrogen-bond donors (Lipinski definition) is 1. The molecule has 0 unspecified atom stereocenters. The van der Waals surface area contributed by atoms with Crippen LogP contribution in [0.2, 0.25) is 0 Å². The first-order chi connectivity index (χ1) is 11.5. The highest BCUT2D eigenvalue weighted by Gasteiger charge is 2.32. The second-order valence-electron chi connectivity index (χ2n) is 6.19. The number of rotatable bonds is 4. The number of quaternary nitrogens is 1. The Morgan fingerprint density at radius 3 is 2.33 bits per heavy atom. The van der Waals surface area contributed by atoms with E-state index in [9.17, 15) is 12.8 Å². The van der Waals surface area contributed by atoms with Crippen molar-refractivity contribution in [1.82, 2.24) is 4.31 Å². The molecule has 3 rings (SSSR count). The van der Waals surface area contributed by atoms with Gasteiger partial charge in [-0.1, -0.05) is 36.4 Å². The molecule has 1 N–H and O–H groups in total. The largest absolute Gasteiger partial charge is 0.329 e. The highest BCUT2D eigenvalue weighted by atomic mass is 32.2. The van der Waals surface area contributed by atoms with E-state index in [1.807, 2.05) is 12.1 Å². The maximum absolute atomic E-state index is 13.8. The van der Waals surface area contributed by atoms with Gasteiger partial charge >= 0.3 is 0 Å². The maximum atomic E-state index is 13.8. The van der Waals surface area contributed by atoms with E-state index in [1.54, 1.807) is 6.07 Å². The Kier molecular flexibility index (Phi) is 4.99. The standard InChI is InChI=1S/C18H21FN2O2S/c1-15-6-2-3-7-16(15)14-20-10-12-21(13-11-20)24(22,23)18-9-5-4-8-17(18)19/h2-9H,10-14H2,1H3/p+1. The summed E-state index contributed by atoms with van der Waals surface area (Å²) >= 11 is 0. The van der Waals surface area contributed by atoms with Crippen LogP contribution < -0.4 is 4.90 Å². The number of hydrogen-bond acceptors (Lipinski definition) is 2. The van der Waals surface area contributed by atoms with Gasteiger partial charge < -0.3 is 4.90 Å². The summed E-state index contributed by atoms with van der Waals surface area (Å²) in [6, 6.07) is 13.8. The normalized spacial score (nSPS) is 17.1. The lowest BCUT2D eigenvalue weighted by Gasteiger charge is -2.31. The van der Waals surface area contributed by atoms with Crippen LogP contribution in [0.4, 0.5) is 4.39 Å². The Labute approximate surface area is 142 Å². The zero-order chi connectivity index (χ0) is 17.2. The van der Waals surface area contributed by atoms with Crippen LogP contribution >= 0.6 is 0 Å². The van der Waals surface area contributed by atoms with Crippen molar-refractivity contribution in [3.05, 3.63) is 65.5 Å². The summed E-state index contributed by atoms with van der Waals surface area (Å²) in [4.78, 5) is 1.12. The lowest BCUT2D eigenvalue weighted by molar-refractivity contribution is -0.917. The molecule has 24 heavy (non-hydrogen) atoms. The molecule has 0 aromatic heterocycles. The van der Waals surface area contributed by atoms with Crippen LogP contribution in [0.3, 0.4) is 0 Å². The quantitative estimate of drug-likeness (QED) is 0.902. The summed E-state index contributed by atoms with van der Waals surface area (Å²) in [6.45, 7) is 5.26. The molecule has 0 bridgehead atoms. The molecule has 2 aromatic rings. The molecule has 1 saturated heterocycles. The lowest BCUT2D eigenvalue weighted by atomic mass is 10.1. The van der Waals surface area contributed by atoms with Gasteiger partial charge in [0.25, 0.3) is 0 Å². The molecule has 2 aromatic carbocycles. The van der Waals surface area contributed by atoms with Gasteiger partial charge in [0.1, 0.15) is 17.3 Å². The monoisotopic (exact) mass is 349 g/mol. The van der Waals surface area contributed by atoms with Gasteiger partial charge in [0.2, 0.25) is 10.0 Å². The third-order valence-corrected chi connectivity index (χ3v) is 6.52. The molecule has 0 radical (unpaired) electrons. The van der Waals surface area contributed by atoms with Gasteiger partial charge in [0.15, 0.2) is 0 Å². The average molecular weight is 349 g/mol. The molecule has 0 saturated carbocycles. The van der Waals surface area contributed by atoms with Crippen molar-refractivity contribution < 1.29 is 17.7 Å². The number of halogens is 1. The van der Waals surface area contributed by atoms with E-state index in [4.69, 9.17) is 0 Å².